The van der Waals surface area contributed by atoms with Crippen LogP contribution in [0.15, 0.2) is 36.5 Å². The summed E-state index contributed by atoms with van der Waals surface area (Å²) in [5.74, 6) is -1.34. The third-order valence-electron chi connectivity index (χ3n) is 5.03. The Labute approximate surface area is 151 Å². The zero-order valence-corrected chi connectivity index (χ0v) is 14.6. The van der Waals surface area contributed by atoms with Gasteiger partial charge in [0, 0.05) is 23.2 Å². The minimum atomic E-state index is -1.08. The van der Waals surface area contributed by atoms with E-state index in [1.807, 2.05) is 24.3 Å². The van der Waals surface area contributed by atoms with Crippen LogP contribution in [0.1, 0.15) is 58.5 Å². The first-order valence-corrected chi connectivity index (χ1v) is 8.84. The van der Waals surface area contributed by atoms with Crippen molar-refractivity contribution in [2.45, 2.75) is 37.5 Å². The summed E-state index contributed by atoms with van der Waals surface area (Å²) in [6.45, 7) is 0.529. The molecule has 25 heavy (non-hydrogen) atoms. The van der Waals surface area contributed by atoms with Gasteiger partial charge in [-0.05, 0) is 36.6 Å². The number of hydrogen-bond donors (Lipinski definition) is 3. The molecule has 0 unspecified atom stereocenters. The molecule has 1 heterocycles. The van der Waals surface area contributed by atoms with E-state index < -0.39 is 5.97 Å². The Kier molecular flexibility index (Phi) is 5.13. The van der Waals surface area contributed by atoms with Gasteiger partial charge in [0.1, 0.15) is 5.69 Å². The number of benzene rings is 1. The topological polar surface area (TPSA) is 82.2 Å². The average molecular weight is 361 g/mol. The maximum absolute atomic E-state index is 12.4. The van der Waals surface area contributed by atoms with Crippen molar-refractivity contribution in [1.82, 2.24) is 10.3 Å². The number of aromatic amines is 1. The Morgan fingerprint density at radius 1 is 1.16 bits per heavy atom. The lowest BCUT2D eigenvalue weighted by atomic mass is 9.69. The second-order valence-electron chi connectivity index (χ2n) is 6.64. The lowest BCUT2D eigenvalue weighted by Gasteiger charge is -2.38. The first-order valence-electron chi connectivity index (χ1n) is 8.46. The number of rotatable bonds is 5. The SMILES string of the molecule is O=C(NCC1(c2ccc(Cl)cc2)CCCCC1)c1c[nH]c(C(=O)O)c1. The van der Waals surface area contributed by atoms with E-state index in [9.17, 15) is 9.59 Å². The number of amides is 1. The summed E-state index contributed by atoms with van der Waals surface area (Å²) >= 11 is 6.01. The number of carboxylic acid groups (broad SMARTS) is 1. The molecular formula is C19H21ClN2O3. The highest BCUT2D eigenvalue weighted by Crippen LogP contribution is 2.39. The van der Waals surface area contributed by atoms with Gasteiger partial charge >= 0.3 is 5.97 Å². The van der Waals surface area contributed by atoms with Crippen molar-refractivity contribution < 1.29 is 14.7 Å². The number of aromatic carboxylic acids is 1. The van der Waals surface area contributed by atoms with Crippen molar-refractivity contribution in [3.63, 3.8) is 0 Å². The number of halogens is 1. The van der Waals surface area contributed by atoms with E-state index >= 15 is 0 Å². The Bertz CT molecular complexity index is 761. The number of aromatic nitrogens is 1. The first-order chi connectivity index (χ1) is 12.0. The smallest absolute Gasteiger partial charge is 0.352 e. The van der Waals surface area contributed by atoms with E-state index in [1.165, 1.54) is 24.2 Å². The van der Waals surface area contributed by atoms with Crippen molar-refractivity contribution in [1.29, 1.82) is 0 Å². The van der Waals surface area contributed by atoms with Crippen LogP contribution in [0, 0.1) is 0 Å². The summed E-state index contributed by atoms with van der Waals surface area (Å²) in [6, 6.07) is 9.21. The van der Waals surface area contributed by atoms with Crippen molar-refractivity contribution in [2.24, 2.45) is 0 Å². The van der Waals surface area contributed by atoms with E-state index in [2.05, 4.69) is 10.3 Å². The van der Waals surface area contributed by atoms with Gasteiger partial charge in [-0.2, -0.15) is 0 Å². The molecule has 2 aromatic rings. The third kappa shape index (κ3) is 3.87. The molecule has 0 radical (unpaired) electrons. The standard InChI is InChI=1S/C19H21ClN2O3/c20-15-6-4-14(5-7-15)19(8-2-1-3-9-19)12-22-17(23)13-10-16(18(24)25)21-11-13/h4-7,10-11,21H,1-3,8-9,12H2,(H,22,23)(H,24,25). The van der Waals surface area contributed by atoms with Gasteiger partial charge in [-0.25, -0.2) is 4.79 Å². The lowest BCUT2D eigenvalue weighted by molar-refractivity contribution is 0.0691. The summed E-state index contributed by atoms with van der Waals surface area (Å²) in [6.07, 6.45) is 6.93. The van der Waals surface area contributed by atoms with Gasteiger partial charge in [-0.3, -0.25) is 4.79 Å². The minimum Gasteiger partial charge on any atom is -0.477 e. The van der Waals surface area contributed by atoms with Crippen LogP contribution in [-0.2, 0) is 5.41 Å². The van der Waals surface area contributed by atoms with Gasteiger partial charge in [0.15, 0.2) is 0 Å². The van der Waals surface area contributed by atoms with E-state index in [0.717, 1.165) is 25.7 Å². The normalized spacial score (nSPS) is 16.4. The molecular weight excluding hydrogens is 340 g/mol. The molecule has 1 aliphatic carbocycles. The van der Waals surface area contributed by atoms with Crippen molar-refractivity contribution in [2.75, 3.05) is 6.54 Å². The van der Waals surface area contributed by atoms with Gasteiger partial charge < -0.3 is 15.4 Å². The van der Waals surface area contributed by atoms with Crippen LogP contribution in [0.5, 0.6) is 0 Å². The average Bonchev–Trinajstić information content (AvgIpc) is 3.12. The fourth-order valence-corrected chi connectivity index (χ4v) is 3.73. The molecule has 0 bridgehead atoms. The van der Waals surface area contributed by atoms with Gasteiger partial charge in [0.05, 0.1) is 5.56 Å². The van der Waals surface area contributed by atoms with Crippen LogP contribution in [0.3, 0.4) is 0 Å². The van der Waals surface area contributed by atoms with Crippen LogP contribution >= 0.6 is 11.6 Å². The predicted molar refractivity (Wildman–Crippen MR) is 96.3 cm³/mol. The molecule has 1 amide bonds. The maximum atomic E-state index is 12.4. The molecule has 0 aliphatic heterocycles. The first kappa shape index (κ1) is 17.5. The van der Waals surface area contributed by atoms with Crippen LogP contribution in [0.4, 0.5) is 0 Å². The zero-order valence-electron chi connectivity index (χ0n) is 13.8. The van der Waals surface area contributed by atoms with Crippen LogP contribution in [0.25, 0.3) is 0 Å². The van der Waals surface area contributed by atoms with Gasteiger partial charge in [0.2, 0.25) is 0 Å². The Hall–Kier alpha value is -2.27. The summed E-state index contributed by atoms with van der Waals surface area (Å²) in [7, 11) is 0. The Morgan fingerprint density at radius 3 is 2.44 bits per heavy atom. The Balaban J connectivity index is 1.75. The highest BCUT2D eigenvalue weighted by atomic mass is 35.5. The van der Waals surface area contributed by atoms with Gasteiger partial charge in [-0.1, -0.05) is 43.0 Å². The molecule has 1 aromatic heterocycles. The minimum absolute atomic E-state index is 0.00947. The molecule has 0 spiro atoms. The molecule has 3 rings (SSSR count). The monoisotopic (exact) mass is 360 g/mol. The van der Waals surface area contributed by atoms with Crippen molar-refractivity contribution in [3.05, 3.63) is 58.4 Å². The summed E-state index contributed by atoms with van der Waals surface area (Å²) in [5.41, 5.74) is 1.44. The number of H-pyrrole nitrogens is 1. The van der Waals surface area contributed by atoms with Crippen LogP contribution < -0.4 is 5.32 Å². The number of nitrogens with one attached hydrogen (secondary N) is 2. The second kappa shape index (κ2) is 7.31. The summed E-state index contributed by atoms with van der Waals surface area (Å²) in [5, 5.41) is 12.6. The molecule has 6 heteroatoms. The fraction of sp³-hybridized carbons (Fsp3) is 0.368. The Morgan fingerprint density at radius 2 is 1.84 bits per heavy atom. The number of carbonyl (C=O) groups excluding carboxylic acids is 1. The zero-order chi connectivity index (χ0) is 17.9. The fourth-order valence-electron chi connectivity index (χ4n) is 3.60. The third-order valence-corrected chi connectivity index (χ3v) is 5.28. The maximum Gasteiger partial charge on any atom is 0.352 e. The summed E-state index contributed by atoms with van der Waals surface area (Å²) < 4.78 is 0. The van der Waals surface area contributed by atoms with Gasteiger partial charge in [0.25, 0.3) is 5.91 Å². The molecule has 132 valence electrons. The molecule has 1 aromatic carbocycles. The molecule has 3 N–H and O–H groups in total. The van der Waals surface area contributed by atoms with Gasteiger partial charge in [-0.15, -0.1) is 0 Å². The molecule has 5 nitrogen and oxygen atoms in total. The largest absolute Gasteiger partial charge is 0.477 e. The predicted octanol–water partition coefficient (Wildman–Crippen LogP) is 4.00. The number of hydrogen-bond acceptors (Lipinski definition) is 2. The van der Waals surface area contributed by atoms with Crippen LogP contribution in [-0.4, -0.2) is 28.5 Å². The second-order valence-corrected chi connectivity index (χ2v) is 7.07. The quantitative estimate of drug-likeness (QED) is 0.753. The van der Waals surface area contributed by atoms with E-state index in [4.69, 9.17) is 16.7 Å². The van der Waals surface area contributed by atoms with Crippen molar-refractivity contribution >= 4 is 23.5 Å². The highest BCUT2D eigenvalue weighted by molar-refractivity contribution is 6.30. The molecule has 1 fully saturated rings. The van der Waals surface area contributed by atoms with E-state index in [1.54, 1.807) is 0 Å². The molecule has 1 saturated carbocycles. The summed E-state index contributed by atoms with van der Waals surface area (Å²) in [4.78, 5) is 25.9. The number of carbonyl (C=O) groups is 2. The molecule has 0 saturated heterocycles. The highest BCUT2D eigenvalue weighted by Gasteiger charge is 2.34. The van der Waals surface area contributed by atoms with E-state index in [-0.39, 0.29) is 17.0 Å². The van der Waals surface area contributed by atoms with E-state index in [0.29, 0.717) is 17.1 Å². The molecule has 1 aliphatic rings. The molecule has 0 atom stereocenters. The van der Waals surface area contributed by atoms with Crippen LogP contribution in [0.2, 0.25) is 5.02 Å². The van der Waals surface area contributed by atoms with Crippen molar-refractivity contribution in [3.8, 4) is 0 Å². The number of carboxylic acids is 1. The lowest BCUT2D eigenvalue weighted by Crippen LogP contribution is -2.42.